The van der Waals surface area contributed by atoms with Gasteiger partial charge < -0.3 is 10.4 Å². The van der Waals surface area contributed by atoms with Crippen LogP contribution in [0.1, 0.15) is 31.9 Å². The second-order valence-electron chi connectivity index (χ2n) is 5.85. The topological polar surface area (TPSA) is 35.5 Å². The lowest BCUT2D eigenvalue weighted by molar-refractivity contribution is 0.147. The molecule has 1 saturated heterocycles. The van der Waals surface area contributed by atoms with E-state index in [0.29, 0.717) is 25.6 Å². The van der Waals surface area contributed by atoms with Crippen molar-refractivity contribution in [1.29, 1.82) is 0 Å². The predicted molar refractivity (Wildman–Crippen MR) is 89.1 cm³/mol. The van der Waals surface area contributed by atoms with Crippen LogP contribution in [0.25, 0.3) is 0 Å². The molecule has 1 aromatic carbocycles. The van der Waals surface area contributed by atoms with E-state index < -0.39 is 29.2 Å². The van der Waals surface area contributed by atoms with E-state index in [9.17, 15) is 18.3 Å². The quantitative estimate of drug-likeness (QED) is 0.789. The lowest BCUT2D eigenvalue weighted by Crippen LogP contribution is -2.45. The molecular formula is C15H23Cl2F3N2O. The van der Waals surface area contributed by atoms with Gasteiger partial charge in [0.2, 0.25) is 0 Å². The number of halogens is 5. The fourth-order valence-corrected chi connectivity index (χ4v) is 2.80. The number of hydrogen-bond acceptors (Lipinski definition) is 3. The van der Waals surface area contributed by atoms with Gasteiger partial charge in [0.15, 0.2) is 17.5 Å². The average molecular weight is 375 g/mol. The van der Waals surface area contributed by atoms with Crippen molar-refractivity contribution in [2.24, 2.45) is 5.92 Å². The van der Waals surface area contributed by atoms with Crippen LogP contribution in [0.5, 0.6) is 5.75 Å². The van der Waals surface area contributed by atoms with Crippen molar-refractivity contribution in [3.63, 3.8) is 0 Å². The Hall–Kier alpha value is -0.690. The minimum Gasteiger partial charge on any atom is -0.507 e. The highest BCUT2D eigenvalue weighted by Crippen LogP contribution is 2.37. The summed E-state index contributed by atoms with van der Waals surface area (Å²) < 4.78 is 40.9. The lowest BCUT2D eigenvalue weighted by atomic mass is 9.93. The average Bonchev–Trinajstić information content (AvgIpc) is 2.44. The van der Waals surface area contributed by atoms with Crippen LogP contribution in [0.4, 0.5) is 13.2 Å². The Morgan fingerprint density at radius 2 is 1.70 bits per heavy atom. The highest BCUT2D eigenvalue weighted by Gasteiger charge is 2.30. The predicted octanol–water partition coefficient (Wildman–Crippen LogP) is 3.65. The molecule has 0 radical (unpaired) electrons. The molecule has 2 N–H and O–H groups in total. The minimum atomic E-state index is -1.52. The van der Waals surface area contributed by atoms with E-state index >= 15 is 0 Å². The van der Waals surface area contributed by atoms with Gasteiger partial charge in [-0.3, -0.25) is 4.90 Å². The summed E-state index contributed by atoms with van der Waals surface area (Å²) in [5.41, 5.74) is -0.135. The van der Waals surface area contributed by atoms with Crippen LogP contribution in [-0.2, 0) is 0 Å². The van der Waals surface area contributed by atoms with E-state index in [1.165, 1.54) is 0 Å². The van der Waals surface area contributed by atoms with Gasteiger partial charge in [0.25, 0.3) is 0 Å². The molecule has 23 heavy (non-hydrogen) atoms. The van der Waals surface area contributed by atoms with Crippen molar-refractivity contribution in [2.45, 2.75) is 26.3 Å². The maximum Gasteiger partial charge on any atom is 0.195 e. The van der Waals surface area contributed by atoms with Gasteiger partial charge in [0, 0.05) is 43.9 Å². The first-order valence-corrected chi connectivity index (χ1v) is 7.23. The van der Waals surface area contributed by atoms with Crippen LogP contribution in [0, 0.1) is 23.4 Å². The largest absolute Gasteiger partial charge is 0.507 e. The van der Waals surface area contributed by atoms with E-state index in [4.69, 9.17) is 0 Å². The molecule has 0 aromatic heterocycles. The molecule has 1 atom stereocenters. The Morgan fingerprint density at radius 1 is 1.13 bits per heavy atom. The molecule has 1 aromatic rings. The van der Waals surface area contributed by atoms with Crippen molar-refractivity contribution in [1.82, 2.24) is 10.2 Å². The van der Waals surface area contributed by atoms with Gasteiger partial charge in [-0.25, -0.2) is 13.2 Å². The number of hydrogen-bond donors (Lipinski definition) is 2. The summed E-state index contributed by atoms with van der Waals surface area (Å²) in [4.78, 5) is 2.01. The van der Waals surface area contributed by atoms with E-state index in [0.717, 1.165) is 13.1 Å². The van der Waals surface area contributed by atoms with Gasteiger partial charge in [-0.1, -0.05) is 13.8 Å². The Balaban J connectivity index is 0.00000242. The fraction of sp³-hybridized carbons (Fsp3) is 0.600. The van der Waals surface area contributed by atoms with Crippen molar-refractivity contribution >= 4 is 24.8 Å². The molecule has 0 unspecified atom stereocenters. The summed E-state index contributed by atoms with van der Waals surface area (Å²) in [7, 11) is 0. The number of piperazine rings is 1. The summed E-state index contributed by atoms with van der Waals surface area (Å²) in [6.45, 7) is 6.81. The van der Waals surface area contributed by atoms with Crippen LogP contribution in [0.3, 0.4) is 0 Å². The van der Waals surface area contributed by atoms with Gasteiger partial charge in [-0.2, -0.15) is 0 Å². The maximum atomic E-state index is 14.2. The zero-order chi connectivity index (χ0) is 15.6. The van der Waals surface area contributed by atoms with Crippen molar-refractivity contribution in [2.75, 3.05) is 26.2 Å². The third-order valence-corrected chi connectivity index (χ3v) is 3.80. The zero-order valence-electron chi connectivity index (χ0n) is 13.1. The molecule has 1 fully saturated rings. The summed E-state index contributed by atoms with van der Waals surface area (Å²) in [6, 6.07) is 0.200. The number of rotatable bonds is 4. The first-order valence-electron chi connectivity index (χ1n) is 7.23. The van der Waals surface area contributed by atoms with Crippen LogP contribution in [0.2, 0.25) is 0 Å². The second-order valence-corrected chi connectivity index (χ2v) is 5.85. The number of aromatic hydroxyl groups is 1. The summed E-state index contributed by atoms with van der Waals surface area (Å²) >= 11 is 0. The van der Waals surface area contributed by atoms with Crippen molar-refractivity contribution < 1.29 is 18.3 Å². The standard InChI is InChI=1S/C15H21F3N2O.2ClH/c1-9(2)7-11(20-5-3-19-4-6-20)13-12(21)8-10(16)14(17)15(13)18;;/h8-9,11,19,21H,3-7H2,1-2H3;2*1H/t11-;;/m0../s1. The smallest absolute Gasteiger partial charge is 0.195 e. The highest BCUT2D eigenvalue weighted by molar-refractivity contribution is 5.85. The number of nitrogens with zero attached hydrogens (tertiary/aromatic N) is 1. The van der Waals surface area contributed by atoms with Crippen molar-refractivity contribution in [3.8, 4) is 5.75 Å². The molecule has 8 heteroatoms. The fourth-order valence-electron chi connectivity index (χ4n) is 2.80. The number of phenolic OH excluding ortho intramolecular Hbond substituents is 1. The van der Waals surface area contributed by atoms with Crippen molar-refractivity contribution in [3.05, 3.63) is 29.1 Å². The lowest BCUT2D eigenvalue weighted by Gasteiger charge is -2.36. The molecule has 0 amide bonds. The Bertz CT molecular complexity index is 512. The molecule has 1 aliphatic heterocycles. The molecule has 0 aliphatic carbocycles. The Kier molecular flexibility index (Phi) is 9.28. The normalized spacial score (nSPS) is 16.6. The van der Waals surface area contributed by atoms with Gasteiger partial charge >= 0.3 is 0 Å². The van der Waals surface area contributed by atoms with Gasteiger partial charge in [0.1, 0.15) is 5.75 Å². The van der Waals surface area contributed by atoms with Crippen LogP contribution >= 0.6 is 24.8 Å². The molecule has 1 heterocycles. The third-order valence-electron chi connectivity index (χ3n) is 3.80. The van der Waals surface area contributed by atoms with Crippen LogP contribution in [-0.4, -0.2) is 36.2 Å². The minimum absolute atomic E-state index is 0. The van der Waals surface area contributed by atoms with Gasteiger partial charge in [-0.05, 0) is 12.3 Å². The monoisotopic (exact) mass is 374 g/mol. The van der Waals surface area contributed by atoms with Crippen LogP contribution < -0.4 is 5.32 Å². The molecule has 134 valence electrons. The first kappa shape index (κ1) is 22.3. The molecule has 0 spiro atoms. The number of phenols is 1. The Morgan fingerprint density at radius 3 is 2.22 bits per heavy atom. The molecular weight excluding hydrogens is 352 g/mol. The maximum absolute atomic E-state index is 14.2. The summed E-state index contributed by atoms with van der Waals surface area (Å²) in [5, 5.41) is 13.1. The van der Waals surface area contributed by atoms with E-state index in [2.05, 4.69) is 5.32 Å². The van der Waals surface area contributed by atoms with E-state index in [1.54, 1.807) is 0 Å². The van der Waals surface area contributed by atoms with Crippen LogP contribution in [0.15, 0.2) is 6.07 Å². The molecule has 2 rings (SSSR count). The SMILES string of the molecule is CC(C)C[C@@H](c1c(O)cc(F)c(F)c1F)N1CCNCC1.Cl.Cl. The second kappa shape index (κ2) is 9.57. The Labute approximate surface area is 147 Å². The zero-order valence-corrected chi connectivity index (χ0v) is 14.7. The summed E-state index contributed by atoms with van der Waals surface area (Å²) in [6.07, 6.45) is 0.565. The van der Waals surface area contributed by atoms with Gasteiger partial charge in [0.05, 0.1) is 0 Å². The molecule has 3 nitrogen and oxygen atoms in total. The molecule has 0 saturated carbocycles. The highest BCUT2D eigenvalue weighted by atomic mass is 35.5. The van der Waals surface area contributed by atoms with Gasteiger partial charge in [-0.15, -0.1) is 24.8 Å². The first-order chi connectivity index (χ1) is 9.91. The molecule has 0 bridgehead atoms. The van der Waals surface area contributed by atoms with E-state index in [1.807, 2.05) is 18.7 Å². The third kappa shape index (κ3) is 5.14. The molecule has 1 aliphatic rings. The number of nitrogens with one attached hydrogen (secondary N) is 1. The number of benzene rings is 1. The summed E-state index contributed by atoms with van der Waals surface area (Å²) in [5.74, 6) is -4.45. The van der Waals surface area contributed by atoms with E-state index in [-0.39, 0.29) is 36.3 Å².